The average molecular weight is 272 g/mol. The fraction of sp³-hybridized carbons (Fsp3) is 1.00. The molecule has 0 amide bonds. The van der Waals surface area contributed by atoms with Crippen molar-refractivity contribution in [1.29, 1.82) is 0 Å². The molecule has 114 valence electrons. The van der Waals surface area contributed by atoms with Crippen molar-refractivity contribution in [2.45, 2.75) is 70.7 Å². The van der Waals surface area contributed by atoms with Gasteiger partial charge in [-0.25, -0.2) is 0 Å². The van der Waals surface area contributed by atoms with Gasteiger partial charge in [-0.2, -0.15) is 0 Å². The monoisotopic (exact) mass is 272 g/mol. The molecule has 1 fully saturated rings. The highest BCUT2D eigenvalue weighted by Crippen LogP contribution is 2.24. The summed E-state index contributed by atoms with van der Waals surface area (Å²) in [6, 6.07) is 0. The van der Waals surface area contributed by atoms with Gasteiger partial charge >= 0.3 is 0 Å². The lowest BCUT2D eigenvalue weighted by Crippen LogP contribution is -2.38. The Labute approximate surface area is 119 Å². The van der Waals surface area contributed by atoms with Gasteiger partial charge in [-0.15, -0.1) is 0 Å². The zero-order valence-electron chi connectivity index (χ0n) is 13.5. The van der Waals surface area contributed by atoms with E-state index in [-0.39, 0.29) is 6.29 Å². The van der Waals surface area contributed by atoms with Crippen molar-refractivity contribution in [3.05, 3.63) is 0 Å². The van der Waals surface area contributed by atoms with Crippen LogP contribution in [0.25, 0.3) is 0 Å². The SMILES string of the molecule is CCCCCCCC1CCC(OCC[N+](C)(C)C)O1. The van der Waals surface area contributed by atoms with Crippen molar-refractivity contribution < 1.29 is 14.0 Å². The summed E-state index contributed by atoms with van der Waals surface area (Å²) in [6.07, 6.45) is 10.8. The van der Waals surface area contributed by atoms with Crippen molar-refractivity contribution in [2.24, 2.45) is 0 Å². The van der Waals surface area contributed by atoms with Gasteiger partial charge < -0.3 is 14.0 Å². The number of likely N-dealkylation sites (N-methyl/N-ethyl adjacent to an activating group) is 1. The third kappa shape index (κ3) is 8.61. The van der Waals surface area contributed by atoms with Gasteiger partial charge in [-0.1, -0.05) is 39.0 Å². The molecule has 0 N–H and O–H groups in total. The Balaban J connectivity index is 2.00. The van der Waals surface area contributed by atoms with Crippen LogP contribution in [0.3, 0.4) is 0 Å². The van der Waals surface area contributed by atoms with Crippen LogP contribution in [0.1, 0.15) is 58.3 Å². The summed E-state index contributed by atoms with van der Waals surface area (Å²) < 4.78 is 12.7. The van der Waals surface area contributed by atoms with Crippen LogP contribution in [-0.2, 0) is 9.47 Å². The van der Waals surface area contributed by atoms with E-state index in [4.69, 9.17) is 9.47 Å². The lowest BCUT2D eigenvalue weighted by molar-refractivity contribution is -0.871. The maximum absolute atomic E-state index is 5.95. The Bertz CT molecular complexity index is 225. The molecule has 1 rings (SSSR count). The second-order valence-electron chi connectivity index (χ2n) is 6.85. The van der Waals surface area contributed by atoms with Gasteiger partial charge in [-0.3, -0.25) is 0 Å². The van der Waals surface area contributed by atoms with E-state index >= 15 is 0 Å². The summed E-state index contributed by atoms with van der Waals surface area (Å²) in [5.74, 6) is 0. The number of unbranched alkanes of at least 4 members (excludes halogenated alkanes) is 4. The molecule has 2 atom stereocenters. The highest BCUT2D eigenvalue weighted by molar-refractivity contribution is 4.68. The first-order chi connectivity index (χ1) is 9.01. The summed E-state index contributed by atoms with van der Waals surface area (Å²) in [6.45, 7) is 4.11. The number of quaternary nitrogens is 1. The van der Waals surface area contributed by atoms with E-state index < -0.39 is 0 Å². The lowest BCUT2D eigenvalue weighted by atomic mass is 10.1. The topological polar surface area (TPSA) is 18.5 Å². The summed E-state index contributed by atoms with van der Waals surface area (Å²) in [4.78, 5) is 0. The van der Waals surface area contributed by atoms with Gasteiger partial charge in [0.05, 0.1) is 33.9 Å². The van der Waals surface area contributed by atoms with E-state index in [0.29, 0.717) is 6.10 Å². The van der Waals surface area contributed by atoms with Crippen LogP contribution in [0.2, 0.25) is 0 Å². The van der Waals surface area contributed by atoms with Crippen LogP contribution in [-0.4, -0.2) is 51.2 Å². The molecule has 0 radical (unpaired) electrons. The summed E-state index contributed by atoms with van der Waals surface area (Å²) in [5, 5.41) is 0. The van der Waals surface area contributed by atoms with Gasteiger partial charge in [0.15, 0.2) is 6.29 Å². The van der Waals surface area contributed by atoms with Crippen LogP contribution < -0.4 is 0 Å². The first-order valence-electron chi connectivity index (χ1n) is 8.09. The zero-order valence-corrected chi connectivity index (χ0v) is 13.5. The molecule has 2 unspecified atom stereocenters. The molecule has 0 aromatic heterocycles. The molecule has 0 spiro atoms. The van der Waals surface area contributed by atoms with Gasteiger partial charge in [-0.05, 0) is 12.8 Å². The van der Waals surface area contributed by atoms with Crippen LogP contribution in [0.15, 0.2) is 0 Å². The second kappa shape index (κ2) is 8.93. The largest absolute Gasteiger partial charge is 0.349 e. The molecule has 1 aliphatic rings. The molecule has 19 heavy (non-hydrogen) atoms. The fourth-order valence-corrected chi connectivity index (χ4v) is 2.44. The summed E-state index contributed by atoms with van der Waals surface area (Å²) >= 11 is 0. The van der Waals surface area contributed by atoms with Crippen molar-refractivity contribution in [2.75, 3.05) is 34.3 Å². The van der Waals surface area contributed by atoms with Crippen LogP contribution in [0.5, 0.6) is 0 Å². The molecule has 1 saturated heterocycles. The first-order valence-corrected chi connectivity index (χ1v) is 8.09. The number of hydrogen-bond acceptors (Lipinski definition) is 2. The maximum atomic E-state index is 5.95. The summed E-state index contributed by atoms with van der Waals surface area (Å²) in [7, 11) is 6.58. The maximum Gasteiger partial charge on any atom is 0.158 e. The van der Waals surface area contributed by atoms with Crippen LogP contribution >= 0.6 is 0 Å². The number of rotatable bonds is 10. The molecule has 0 saturated carbocycles. The Morgan fingerprint density at radius 2 is 1.79 bits per heavy atom. The van der Waals surface area contributed by atoms with Crippen molar-refractivity contribution in [1.82, 2.24) is 0 Å². The number of ether oxygens (including phenoxy) is 2. The van der Waals surface area contributed by atoms with E-state index in [2.05, 4.69) is 28.1 Å². The fourth-order valence-electron chi connectivity index (χ4n) is 2.44. The Kier molecular flexibility index (Phi) is 7.96. The Hall–Kier alpha value is -0.120. The van der Waals surface area contributed by atoms with Crippen molar-refractivity contribution >= 4 is 0 Å². The van der Waals surface area contributed by atoms with Crippen molar-refractivity contribution in [3.63, 3.8) is 0 Å². The smallest absolute Gasteiger partial charge is 0.158 e. The van der Waals surface area contributed by atoms with E-state index in [0.717, 1.165) is 24.1 Å². The molecule has 0 aliphatic carbocycles. The molecule has 3 nitrogen and oxygen atoms in total. The summed E-state index contributed by atoms with van der Waals surface area (Å²) in [5.41, 5.74) is 0. The Morgan fingerprint density at radius 1 is 1.05 bits per heavy atom. The lowest BCUT2D eigenvalue weighted by Gasteiger charge is -2.24. The normalized spacial score (nSPS) is 24.0. The van der Waals surface area contributed by atoms with E-state index in [1.807, 2.05) is 0 Å². The molecule has 0 aromatic rings. The zero-order chi connectivity index (χ0) is 14.1. The minimum atomic E-state index is 0.0622. The third-order valence-corrected chi connectivity index (χ3v) is 3.76. The Morgan fingerprint density at radius 3 is 2.47 bits per heavy atom. The standard InChI is InChI=1S/C16H34NO2/c1-5-6-7-8-9-10-15-11-12-16(19-15)18-14-13-17(2,3)4/h15-16H,5-14H2,1-4H3/q+1. The molecule has 0 bridgehead atoms. The minimum absolute atomic E-state index is 0.0622. The van der Waals surface area contributed by atoms with Gasteiger partial charge in [0.1, 0.15) is 6.54 Å². The molecule has 1 heterocycles. The van der Waals surface area contributed by atoms with Crippen LogP contribution in [0, 0.1) is 0 Å². The van der Waals surface area contributed by atoms with E-state index in [9.17, 15) is 0 Å². The highest BCUT2D eigenvalue weighted by atomic mass is 16.7. The predicted octanol–water partition coefficient (Wildman–Crippen LogP) is 3.57. The average Bonchev–Trinajstić information content (AvgIpc) is 2.75. The molecule has 1 aliphatic heterocycles. The van der Waals surface area contributed by atoms with E-state index in [1.165, 1.54) is 44.9 Å². The molecular weight excluding hydrogens is 238 g/mol. The minimum Gasteiger partial charge on any atom is -0.349 e. The van der Waals surface area contributed by atoms with E-state index in [1.54, 1.807) is 0 Å². The van der Waals surface area contributed by atoms with Gasteiger partial charge in [0.25, 0.3) is 0 Å². The second-order valence-corrected chi connectivity index (χ2v) is 6.85. The third-order valence-electron chi connectivity index (χ3n) is 3.76. The predicted molar refractivity (Wildman–Crippen MR) is 80.1 cm³/mol. The molecular formula is C16H34NO2+. The molecule has 3 heteroatoms. The van der Waals surface area contributed by atoms with Crippen molar-refractivity contribution in [3.8, 4) is 0 Å². The highest BCUT2D eigenvalue weighted by Gasteiger charge is 2.25. The first kappa shape index (κ1) is 16.9. The van der Waals surface area contributed by atoms with Gasteiger partial charge in [0.2, 0.25) is 0 Å². The van der Waals surface area contributed by atoms with Gasteiger partial charge in [0, 0.05) is 6.42 Å². The molecule has 0 aromatic carbocycles. The number of nitrogens with zero attached hydrogens (tertiary/aromatic N) is 1. The number of hydrogen-bond donors (Lipinski definition) is 0. The quantitative estimate of drug-likeness (QED) is 0.447. The van der Waals surface area contributed by atoms with Crippen LogP contribution in [0.4, 0.5) is 0 Å².